The lowest BCUT2D eigenvalue weighted by atomic mass is 10.4. The molecule has 0 aromatic carbocycles. The van der Waals surface area contributed by atoms with Gasteiger partial charge in [-0.1, -0.05) is 6.92 Å². The van der Waals surface area contributed by atoms with Crippen molar-refractivity contribution in [2.75, 3.05) is 6.61 Å². The molecule has 56 valence electrons. The lowest BCUT2D eigenvalue weighted by Crippen LogP contribution is -2.06. The molecule has 0 fully saturated rings. The maximum absolute atomic E-state index is 10.7. The zero-order valence-corrected chi connectivity index (χ0v) is 6.96. The number of carbonyl (C=O) groups excluding carboxylic acids is 1. The van der Waals surface area contributed by atoms with Gasteiger partial charge < -0.3 is 4.74 Å². The number of esters is 1. The first-order valence-electron chi connectivity index (χ1n) is 3.11. The molecule has 0 aromatic rings. The van der Waals surface area contributed by atoms with E-state index in [-0.39, 0.29) is 5.97 Å². The van der Waals surface area contributed by atoms with Crippen LogP contribution < -0.4 is 0 Å². The van der Waals surface area contributed by atoms with Crippen LogP contribution >= 0.6 is 12.2 Å². The summed E-state index contributed by atoms with van der Waals surface area (Å²) in [6, 6.07) is 0. The molecule has 0 saturated carbocycles. The van der Waals surface area contributed by atoms with Crippen molar-refractivity contribution < 1.29 is 9.53 Å². The van der Waals surface area contributed by atoms with Gasteiger partial charge in [0.05, 0.1) is 12.2 Å². The molecule has 2 nitrogen and oxygen atoms in total. The van der Waals surface area contributed by atoms with Gasteiger partial charge in [0.15, 0.2) is 0 Å². The molecule has 10 heavy (non-hydrogen) atoms. The second kappa shape index (κ2) is 5.15. The summed E-state index contributed by atoms with van der Waals surface area (Å²) in [5.74, 6) is -0.364. The first kappa shape index (κ1) is 9.34. The molecule has 0 radical (unpaired) electrons. The van der Waals surface area contributed by atoms with Gasteiger partial charge in [-0.3, -0.25) is 0 Å². The van der Waals surface area contributed by atoms with Crippen LogP contribution in [0.4, 0.5) is 0 Å². The molecule has 0 aliphatic carbocycles. The van der Waals surface area contributed by atoms with Crippen molar-refractivity contribution in [3.63, 3.8) is 0 Å². The summed E-state index contributed by atoms with van der Waals surface area (Å²) in [5.41, 5.74) is 0.364. The molecule has 0 unspecified atom stereocenters. The van der Waals surface area contributed by atoms with Crippen molar-refractivity contribution in [3.05, 3.63) is 5.57 Å². The molecule has 0 amide bonds. The van der Waals surface area contributed by atoms with Crippen LogP contribution in [0.3, 0.4) is 0 Å². The second-order valence-electron chi connectivity index (χ2n) is 1.86. The average Bonchev–Trinajstić information content (AvgIpc) is 1.98. The summed E-state index contributed by atoms with van der Waals surface area (Å²) in [5, 5.41) is 2.30. The molecular formula is C7H10O2S. The van der Waals surface area contributed by atoms with Crippen molar-refractivity contribution in [1.82, 2.24) is 0 Å². The highest BCUT2D eigenvalue weighted by atomic mass is 32.1. The first-order valence-corrected chi connectivity index (χ1v) is 3.52. The molecule has 0 spiro atoms. The fraction of sp³-hybridized carbons (Fsp3) is 0.571. The number of hydrogen-bond donors (Lipinski definition) is 0. The average molecular weight is 158 g/mol. The van der Waals surface area contributed by atoms with Crippen molar-refractivity contribution >= 4 is 23.2 Å². The highest BCUT2D eigenvalue weighted by molar-refractivity contribution is 7.78. The molecule has 3 heteroatoms. The van der Waals surface area contributed by atoms with Gasteiger partial charge in [-0.2, -0.15) is 0 Å². The monoisotopic (exact) mass is 158 g/mol. The van der Waals surface area contributed by atoms with Gasteiger partial charge in [-0.25, -0.2) is 4.79 Å². The molecule has 0 bridgehead atoms. The minimum Gasteiger partial charge on any atom is -0.462 e. The molecule has 0 N–H and O–H groups in total. The Balaban J connectivity index is 3.75. The Morgan fingerprint density at radius 2 is 2.30 bits per heavy atom. The van der Waals surface area contributed by atoms with Crippen LogP contribution in [0.1, 0.15) is 20.3 Å². The summed E-state index contributed by atoms with van der Waals surface area (Å²) >= 11 is 4.41. The smallest absolute Gasteiger partial charge is 0.342 e. The maximum Gasteiger partial charge on any atom is 0.342 e. The van der Waals surface area contributed by atoms with Gasteiger partial charge >= 0.3 is 5.97 Å². The fourth-order valence-electron chi connectivity index (χ4n) is 0.345. The highest BCUT2D eigenvalue weighted by Crippen LogP contribution is 1.91. The lowest BCUT2D eigenvalue weighted by Gasteiger charge is -1.98. The Morgan fingerprint density at radius 3 is 2.70 bits per heavy atom. The molecule has 0 heterocycles. The Morgan fingerprint density at radius 1 is 1.70 bits per heavy atom. The van der Waals surface area contributed by atoms with Crippen molar-refractivity contribution in [3.8, 4) is 0 Å². The molecule has 0 aliphatic heterocycles. The van der Waals surface area contributed by atoms with E-state index >= 15 is 0 Å². The molecule has 0 saturated heterocycles. The third kappa shape index (κ3) is 3.38. The van der Waals surface area contributed by atoms with Crippen LogP contribution in [-0.2, 0) is 9.53 Å². The zero-order chi connectivity index (χ0) is 7.98. The highest BCUT2D eigenvalue weighted by Gasteiger charge is 2.02. The van der Waals surface area contributed by atoms with E-state index in [1.165, 1.54) is 0 Å². The number of carbonyl (C=O) groups is 1. The third-order valence-corrected chi connectivity index (χ3v) is 1.20. The number of thiocarbonyl (C=S) groups is 1. The van der Waals surface area contributed by atoms with Gasteiger partial charge in [0, 0.05) is 0 Å². The van der Waals surface area contributed by atoms with E-state index in [4.69, 9.17) is 4.74 Å². The Labute approximate surface area is 65.9 Å². The summed E-state index contributed by atoms with van der Waals surface area (Å²) < 4.78 is 4.74. The first-order chi connectivity index (χ1) is 4.72. The van der Waals surface area contributed by atoms with Crippen molar-refractivity contribution in [2.45, 2.75) is 20.3 Å². The van der Waals surface area contributed by atoms with Gasteiger partial charge in [0.2, 0.25) is 0 Å². The summed E-state index contributed by atoms with van der Waals surface area (Å²) in [6.45, 7) is 3.97. The van der Waals surface area contributed by atoms with Crippen molar-refractivity contribution in [1.29, 1.82) is 0 Å². The topological polar surface area (TPSA) is 26.3 Å². The van der Waals surface area contributed by atoms with E-state index in [9.17, 15) is 4.79 Å². The zero-order valence-electron chi connectivity index (χ0n) is 6.14. The fourth-order valence-corrected chi connectivity index (χ4v) is 0.428. The van der Waals surface area contributed by atoms with Crippen LogP contribution in [0.25, 0.3) is 0 Å². The standard InChI is InChI=1S/C7H10O2S/c1-3-4-9-7(8)6(2)5-10/h3-4H2,1-2H3. The van der Waals surface area contributed by atoms with Gasteiger partial charge in [-0.05, 0) is 30.6 Å². The van der Waals surface area contributed by atoms with E-state index in [1.54, 1.807) is 6.92 Å². The van der Waals surface area contributed by atoms with E-state index < -0.39 is 0 Å². The second-order valence-corrected chi connectivity index (χ2v) is 2.07. The molecular weight excluding hydrogens is 148 g/mol. The quantitative estimate of drug-likeness (QED) is 0.353. The van der Waals surface area contributed by atoms with Crippen LogP contribution in [0.15, 0.2) is 5.57 Å². The predicted octanol–water partition coefficient (Wildman–Crippen LogP) is 1.48. The van der Waals surface area contributed by atoms with E-state index in [0.29, 0.717) is 12.2 Å². The number of rotatable bonds is 3. The van der Waals surface area contributed by atoms with Crippen LogP contribution in [0.5, 0.6) is 0 Å². The minimum absolute atomic E-state index is 0.364. The Hall–Kier alpha value is -0.660. The van der Waals surface area contributed by atoms with E-state index in [0.717, 1.165) is 6.42 Å². The lowest BCUT2D eigenvalue weighted by molar-refractivity contribution is -0.138. The molecule has 0 atom stereocenters. The van der Waals surface area contributed by atoms with Crippen LogP contribution in [0, 0.1) is 0 Å². The summed E-state index contributed by atoms with van der Waals surface area (Å²) in [4.78, 5) is 10.7. The molecule has 0 rings (SSSR count). The SMILES string of the molecule is CCCOC(=O)C(C)=C=S. The minimum atomic E-state index is -0.364. The predicted molar refractivity (Wildman–Crippen MR) is 43.0 cm³/mol. The normalized spacial score (nSPS) is 8.20. The van der Waals surface area contributed by atoms with Crippen LogP contribution in [0.2, 0.25) is 0 Å². The number of ether oxygens (including phenoxy) is 1. The van der Waals surface area contributed by atoms with E-state index in [2.05, 4.69) is 17.2 Å². The Kier molecular flexibility index (Phi) is 4.81. The summed E-state index contributed by atoms with van der Waals surface area (Å²) in [7, 11) is 0. The van der Waals surface area contributed by atoms with E-state index in [1.807, 2.05) is 6.92 Å². The molecule has 0 aromatic heterocycles. The third-order valence-electron chi connectivity index (χ3n) is 0.897. The maximum atomic E-state index is 10.7. The van der Waals surface area contributed by atoms with Crippen LogP contribution in [-0.4, -0.2) is 17.6 Å². The Bertz CT molecular complexity index is 168. The van der Waals surface area contributed by atoms with Gasteiger partial charge in [0.1, 0.15) is 0 Å². The molecule has 0 aliphatic rings. The largest absolute Gasteiger partial charge is 0.462 e. The van der Waals surface area contributed by atoms with Gasteiger partial charge in [-0.15, -0.1) is 0 Å². The van der Waals surface area contributed by atoms with Gasteiger partial charge in [0.25, 0.3) is 0 Å². The van der Waals surface area contributed by atoms with Crippen molar-refractivity contribution in [2.24, 2.45) is 0 Å². The summed E-state index contributed by atoms with van der Waals surface area (Å²) in [6.07, 6.45) is 0.830. The number of hydrogen-bond acceptors (Lipinski definition) is 3.